The number of allylic oxidation sites excluding steroid dienone is 3. The van der Waals surface area contributed by atoms with Gasteiger partial charge in [0.05, 0.1) is 6.10 Å². The fraction of sp³-hybridized carbons (Fsp3) is 0.862. The van der Waals surface area contributed by atoms with Gasteiger partial charge in [-0.1, -0.05) is 65.3 Å². The van der Waals surface area contributed by atoms with Crippen molar-refractivity contribution in [3.05, 3.63) is 23.8 Å². The molecule has 0 bridgehead atoms. The quantitative estimate of drug-likeness (QED) is 0.457. The highest BCUT2D eigenvalue weighted by molar-refractivity contribution is 5.25. The van der Waals surface area contributed by atoms with E-state index >= 15 is 0 Å². The summed E-state index contributed by atoms with van der Waals surface area (Å²) in [5, 5.41) is 10.2. The summed E-state index contributed by atoms with van der Waals surface area (Å²) < 4.78 is 0. The number of hydrogen-bond donors (Lipinski definition) is 1. The summed E-state index contributed by atoms with van der Waals surface area (Å²) in [6.45, 7) is 14.8. The molecule has 0 aromatic rings. The Balaban J connectivity index is 1.52. The highest BCUT2D eigenvalue weighted by atomic mass is 16.3. The van der Waals surface area contributed by atoms with Crippen LogP contribution in [0.5, 0.6) is 0 Å². The standard InChI is InChI=1S/C29H48O/c1-7-21(19(2)3)9-8-20(4)25-12-13-26-24-11-10-22-18-23(30)14-16-28(22,5)27(24)15-17-29(25,26)6/h8-10,19-21,23-27,30H,7,11-18H2,1-6H3/b9-8+/t20-,21+,23+,24-,25-,26-,27+,28+,29-/m1/s1. The van der Waals surface area contributed by atoms with Crippen LogP contribution in [0.25, 0.3) is 0 Å². The molecule has 0 radical (unpaired) electrons. The fourth-order valence-electron chi connectivity index (χ4n) is 8.83. The molecule has 0 unspecified atom stereocenters. The molecule has 0 heterocycles. The summed E-state index contributed by atoms with van der Waals surface area (Å²) in [6, 6.07) is 0. The highest BCUT2D eigenvalue weighted by Crippen LogP contribution is 2.67. The molecule has 0 amide bonds. The minimum atomic E-state index is -0.0870. The molecule has 1 N–H and O–H groups in total. The lowest BCUT2D eigenvalue weighted by Crippen LogP contribution is -2.50. The van der Waals surface area contributed by atoms with Crippen molar-refractivity contribution >= 4 is 0 Å². The second kappa shape index (κ2) is 8.42. The van der Waals surface area contributed by atoms with Crippen molar-refractivity contribution in [1.82, 2.24) is 0 Å². The van der Waals surface area contributed by atoms with Gasteiger partial charge in [-0.3, -0.25) is 0 Å². The van der Waals surface area contributed by atoms with E-state index in [0.29, 0.717) is 16.7 Å². The van der Waals surface area contributed by atoms with E-state index in [1.807, 2.05) is 0 Å². The van der Waals surface area contributed by atoms with Crippen molar-refractivity contribution in [2.45, 2.75) is 105 Å². The number of rotatable bonds is 5. The molecule has 30 heavy (non-hydrogen) atoms. The normalized spacial score (nSPS) is 45.6. The molecule has 9 atom stereocenters. The first kappa shape index (κ1) is 22.6. The van der Waals surface area contributed by atoms with Crippen LogP contribution in [-0.4, -0.2) is 11.2 Å². The average molecular weight is 413 g/mol. The second-order valence-corrected chi connectivity index (χ2v) is 12.4. The first-order valence-electron chi connectivity index (χ1n) is 13.3. The molecule has 1 nitrogen and oxygen atoms in total. The van der Waals surface area contributed by atoms with Crippen LogP contribution in [0.3, 0.4) is 0 Å². The molecule has 0 saturated heterocycles. The van der Waals surface area contributed by atoms with E-state index in [1.54, 1.807) is 5.57 Å². The molecule has 1 heteroatoms. The second-order valence-electron chi connectivity index (χ2n) is 12.4. The van der Waals surface area contributed by atoms with Gasteiger partial charge >= 0.3 is 0 Å². The Morgan fingerprint density at radius 3 is 2.50 bits per heavy atom. The minimum Gasteiger partial charge on any atom is -0.393 e. The highest BCUT2D eigenvalue weighted by Gasteiger charge is 2.58. The molecule has 170 valence electrons. The molecule has 4 rings (SSSR count). The molecule has 4 aliphatic rings. The van der Waals surface area contributed by atoms with Gasteiger partial charge in [0.2, 0.25) is 0 Å². The largest absolute Gasteiger partial charge is 0.393 e. The molecule has 0 spiro atoms. The van der Waals surface area contributed by atoms with Gasteiger partial charge in [-0.25, -0.2) is 0 Å². The average Bonchev–Trinajstić information content (AvgIpc) is 3.06. The zero-order valence-electron chi connectivity index (χ0n) is 20.7. The van der Waals surface area contributed by atoms with Gasteiger partial charge < -0.3 is 5.11 Å². The van der Waals surface area contributed by atoms with Gasteiger partial charge in [-0.15, -0.1) is 0 Å². The first-order chi connectivity index (χ1) is 14.2. The van der Waals surface area contributed by atoms with Gasteiger partial charge in [0.1, 0.15) is 0 Å². The van der Waals surface area contributed by atoms with Crippen molar-refractivity contribution in [1.29, 1.82) is 0 Å². The Labute approximate surface area is 186 Å². The Bertz CT molecular complexity index is 674. The van der Waals surface area contributed by atoms with Crippen LogP contribution in [0, 0.1) is 52.3 Å². The van der Waals surface area contributed by atoms with Gasteiger partial charge in [0.15, 0.2) is 0 Å². The Hall–Kier alpha value is -0.560. The molecule has 3 saturated carbocycles. The van der Waals surface area contributed by atoms with Crippen LogP contribution in [0.1, 0.15) is 99.3 Å². The summed E-state index contributed by atoms with van der Waals surface area (Å²) in [7, 11) is 0. The van der Waals surface area contributed by atoms with Crippen LogP contribution in [-0.2, 0) is 0 Å². The van der Waals surface area contributed by atoms with E-state index in [0.717, 1.165) is 48.3 Å². The van der Waals surface area contributed by atoms with Gasteiger partial charge in [0, 0.05) is 0 Å². The third-order valence-electron chi connectivity index (χ3n) is 10.8. The lowest BCUT2D eigenvalue weighted by molar-refractivity contribution is -0.0540. The lowest BCUT2D eigenvalue weighted by Gasteiger charge is -2.58. The minimum absolute atomic E-state index is 0.0870. The van der Waals surface area contributed by atoms with Crippen LogP contribution in [0.4, 0.5) is 0 Å². The van der Waals surface area contributed by atoms with Crippen LogP contribution in [0.15, 0.2) is 23.8 Å². The van der Waals surface area contributed by atoms with Gasteiger partial charge in [-0.05, 0) is 110 Å². The number of hydrogen-bond acceptors (Lipinski definition) is 1. The van der Waals surface area contributed by atoms with Crippen LogP contribution in [0.2, 0.25) is 0 Å². The SMILES string of the molecule is CC[C@@H](/C=C/[C@@H](C)[C@H]1CC[C@@H]2[C@H]3CC=C4C[C@@H](O)CC[C@]4(C)[C@H]3CC[C@@]21C)C(C)C. The Morgan fingerprint density at radius 2 is 1.80 bits per heavy atom. The Morgan fingerprint density at radius 1 is 1.03 bits per heavy atom. The van der Waals surface area contributed by atoms with E-state index in [9.17, 15) is 5.11 Å². The Kier molecular flexibility index (Phi) is 6.35. The van der Waals surface area contributed by atoms with Crippen LogP contribution >= 0.6 is 0 Å². The smallest absolute Gasteiger partial charge is 0.0577 e. The molecule has 0 aromatic heterocycles. The maximum Gasteiger partial charge on any atom is 0.0577 e. The van der Waals surface area contributed by atoms with Gasteiger partial charge in [-0.2, -0.15) is 0 Å². The third kappa shape index (κ3) is 3.66. The maximum atomic E-state index is 10.2. The first-order valence-corrected chi connectivity index (χ1v) is 13.3. The topological polar surface area (TPSA) is 20.2 Å². The zero-order valence-corrected chi connectivity index (χ0v) is 20.7. The van der Waals surface area contributed by atoms with Crippen molar-refractivity contribution in [2.75, 3.05) is 0 Å². The number of aliphatic hydroxyl groups is 1. The summed E-state index contributed by atoms with van der Waals surface area (Å²) in [6.07, 6.45) is 19.1. The predicted molar refractivity (Wildman–Crippen MR) is 128 cm³/mol. The zero-order chi connectivity index (χ0) is 21.7. The van der Waals surface area contributed by atoms with Crippen molar-refractivity contribution in [2.24, 2.45) is 52.3 Å². The summed E-state index contributed by atoms with van der Waals surface area (Å²) in [5.74, 6) is 5.70. The van der Waals surface area contributed by atoms with Crippen molar-refractivity contribution in [3.63, 3.8) is 0 Å². The molecular formula is C29H48O. The van der Waals surface area contributed by atoms with Crippen molar-refractivity contribution in [3.8, 4) is 0 Å². The monoisotopic (exact) mass is 412 g/mol. The third-order valence-corrected chi connectivity index (χ3v) is 10.8. The predicted octanol–water partition coefficient (Wildman–Crippen LogP) is 7.80. The maximum absolute atomic E-state index is 10.2. The molecule has 4 aliphatic carbocycles. The number of aliphatic hydroxyl groups excluding tert-OH is 1. The molecular weight excluding hydrogens is 364 g/mol. The molecule has 3 fully saturated rings. The summed E-state index contributed by atoms with van der Waals surface area (Å²) >= 11 is 0. The number of fused-ring (bicyclic) bond motifs is 5. The van der Waals surface area contributed by atoms with E-state index < -0.39 is 0 Å². The summed E-state index contributed by atoms with van der Waals surface area (Å²) in [4.78, 5) is 0. The fourth-order valence-corrected chi connectivity index (χ4v) is 8.83. The van der Waals surface area contributed by atoms with Gasteiger partial charge in [0.25, 0.3) is 0 Å². The summed E-state index contributed by atoms with van der Waals surface area (Å²) in [5.41, 5.74) is 2.51. The molecule has 0 aromatic carbocycles. The van der Waals surface area contributed by atoms with Crippen LogP contribution < -0.4 is 0 Å². The van der Waals surface area contributed by atoms with E-state index in [-0.39, 0.29) is 6.10 Å². The lowest BCUT2D eigenvalue weighted by atomic mass is 9.47. The molecule has 0 aliphatic heterocycles. The van der Waals surface area contributed by atoms with E-state index in [2.05, 4.69) is 59.8 Å². The van der Waals surface area contributed by atoms with E-state index in [1.165, 1.54) is 44.9 Å². The van der Waals surface area contributed by atoms with Crippen molar-refractivity contribution < 1.29 is 5.11 Å². The van der Waals surface area contributed by atoms with E-state index in [4.69, 9.17) is 0 Å².